The first-order valence-corrected chi connectivity index (χ1v) is 9.13. The van der Waals surface area contributed by atoms with Gasteiger partial charge in [0.1, 0.15) is 29.7 Å². The number of allylic oxidation sites excluding steroid dienone is 1. The average molecular weight is 390 g/mol. The number of ketones is 1. The zero-order valence-corrected chi connectivity index (χ0v) is 16.1. The quantitative estimate of drug-likeness (QED) is 0.552. The van der Waals surface area contributed by atoms with Crippen molar-refractivity contribution in [3.63, 3.8) is 0 Å². The number of ether oxygens (including phenoxy) is 3. The Kier molecular flexibility index (Phi) is 5.04. The third-order valence-electron chi connectivity index (χ3n) is 4.63. The average Bonchev–Trinajstić information content (AvgIpc) is 3.02. The molecule has 0 spiro atoms. The molecule has 4 nitrogen and oxygen atoms in total. The number of methoxy groups -OCH3 is 1. The second-order valence-corrected chi connectivity index (χ2v) is 6.75. The molecule has 1 aliphatic rings. The highest BCUT2D eigenvalue weighted by molar-refractivity contribution is 6.15. The molecule has 0 aromatic heterocycles. The molecule has 0 N–H and O–H groups in total. The van der Waals surface area contributed by atoms with Gasteiger partial charge in [-0.25, -0.2) is 4.39 Å². The molecule has 0 radical (unpaired) electrons. The first-order chi connectivity index (χ1) is 14.0. The van der Waals surface area contributed by atoms with E-state index in [9.17, 15) is 9.18 Å². The van der Waals surface area contributed by atoms with E-state index < -0.39 is 0 Å². The van der Waals surface area contributed by atoms with Crippen LogP contribution in [0.4, 0.5) is 4.39 Å². The van der Waals surface area contributed by atoms with Crippen LogP contribution in [0.5, 0.6) is 17.2 Å². The Morgan fingerprint density at radius 1 is 1.03 bits per heavy atom. The second-order valence-electron chi connectivity index (χ2n) is 6.75. The molecule has 4 rings (SSSR count). The van der Waals surface area contributed by atoms with Crippen LogP contribution in [-0.4, -0.2) is 12.9 Å². The zero-order valence-electron chi connectivity index (χ0n) is 16.1. The Hall–Kier alpha value is -3.60. The van der Waals surface area contributed by atoms with Gasteiger partial charge in [0.2, 0.25) is 5.78 Å². The molecule has 0 amide bonds. The zero-order chi connectivity index (χ0) is 20.4. The fraction of sp³-hybridized carbons (Fsp3) is 0.125. The minimum Gasteiger partial charge on any atom is -0.497 e. The largest absolute Gasteiger partial charge is 0.497 e. The third kappa shape index (κ3) is 3.99. The number of fused-ring (bicyclic) bond motifs is 1. The van der Waals surface area contributed by atoms with Crippen LogP contribution in [0.3, 0.4) is 0 Å². The van der Waals surface area contributed by atoms with Crippen molar-refractivity contribution >= 4 is 11.9 Å². The van der Waals surface area contributed by atoms with Crippen molar-refractivity contribution in [3.8, 4) is 17.2 Å². The minimum absolute atomic E-state index is 0.169. The van der Waals surface area contributed by atoms with Crippen LogP contribution >= 0.6 is 0 Å². The van der Waals surface area contributed by atoms with Crippen LogP contribution in [0.1, 0.15) is 27.0 Å². The molecule has 0 saturated carbocycles. The van der Waals surface area contributed by atoms with Gasteiger partial charge in [0.25, 0.3) is 0 Å². The van der Waals surface area contributed by atoms with Gasteiger partial charge in [-0.05, 0) is 60.0 Å². The summed E-state index contributed by atoms with van der Waals surface area (Å²) in [5.74, 6) is 1.49. The highest BCUT2D eigenvalue weighted by Crippen LogP contribution is 2.37. The maximum Gasteiger partial charge on any atom is 0.232 e. The fourth-order valence-corrected chi connectivity index (χ4v) is 3.24. The van der Waals surface area contributed by atoms with Crippen LogP contribution in [-0.2, 0) is 6.61 Å². The van der Waals surface area contributed by atoms with E-state index in [1.807, 2.05) is 31.2 Å². The molecule has 1 aliphatic heterocycles. The minimum atomic E-state index is -0.308. The van der Waals surface area contributed by atoms with Crippen molar-refractivity contribution in [1.29, 1.82) is 0 Å². The Bertz CT molecular complexity index is 1120. The van der Waals surface area contributed by atoms with Gasteiger partial charge in [-0.2, -0.15) is 0 Å². The van der Waals surface area contributed by atoms with Crippen molar-refractivity contribution in [2.45, 2.75) is 13.5 Å². The molecule has 0 aliphatic carbocycles. The van der Waals surface area contributed by atoms with Gasteiger partial charge >= 0.3 is 0 Å². The van der Waals surface area contributed by atoms with Crippen molar-refractivity contribution in [2.24, 2.45) is 0 Å². The van der Waals surface area contributed by atoms with Gasteiger partial charge < -0.3 is 14.2 Å². The number of benzene rings is 3. The lowest BCUT2D eigenvalue weighted by molar-refractivity contribution is 0.101. The topological polar surface area (TPSA) is 44.8 Å². The molecule has 1 heterocycles. The van der Waals surface area contributed by atoms with Crippen molar-refractivity contribution in [2.75, 3.05) is 7.11 Å². The van der Waals surface area contributed by atoms with E-state index in [0.717, 1.165) is 16.7 Å². The number of carbonyl (C=O) groups excluding carboxylic acids is 1. The first-order valence-electron chi connectivity index (χ1n) is 9.13. The maximum atomic E-state index is 13.3. The molecule has 0 unspecified atom stereocenters. The molecular formula is C24H19FO4. The lowest BCUT2D eigenvalue weighted by Crippen LogP contribution is -2.00. The smallest absolute Gasteiger partial charge is 0.232 e. The summed E-state index contributed by atoms with van der Waals surface area (Å²) < 4.78 is 30.1. The number of hydrogen-bond donors (Lipinski definition) is 0. The number of halogens is 1. The summed E-state index contributed by atoms with van der Waals surface area (Å²) in [5.41, 5.74) is 2.81. The molecule has 5 heteroatoms. The Morgan fingerprint density at radius 3 is 2.66 bits per heavy atom. The van der Waals surface area contributed by atoms with Crippen LogP contribution in [0, 0.1) is 12.7 Å². The van der Waals surface area contributed by atoms with E-state index in [1.165, 1.54) is 12.1 Å². The molecule has 0 saturated heterocycles. The van der Waals surface area contributed by atoms with Crippen molar-refractivity contribution < 1.29 is 23.4 Å². The number of aryl methyl sites for hydroxylation is 1. The lowest BCUT2D eigenvalue weighted by Gasteiger charge is -2.09. The summed E-state index contributed by atoms with van der Waals surface area (Å²) in [7, 11) is 1.59. The summed E-state index contributed by atoms with van der Waals surface area (Å²) in [4.78, 5) is 12.8. The maximum absolute atomic E-state index is 13.3. The van der Waals surface area contributed by atoms with Crippen LogP contribution in [0.25, 0.3) is 6.08 Å². The Labute approximate surface area is 168 Å². The molecule has 0 fully saturated rings. The predicted octanol–water partition coefficient (Wildman–Crippen LogP) is 5.34. The summed E-state index contributed by atoms with van der Waals surface area (Å²) in [6, 6.07) is 17.1. The van der Waals surface area contributed by atoms with Crippen LogP contribution in [0.15, 0.2) is 66.4 Å². The number of carbonyl (C=O) groups is 1. The molecule has 3 aromatic rings. The van der Waals surface area contributed by atoms with Gasteiger partial charge in [-0.15, -0.1) is 0 Å². The summed E-state index contributed by atoms with van der Waals surface area (Å²) >= 11 is 0. The van der Waals surface area contributed by atoms with E-state index in [2.05, 4.69) is 0 Å². The van der Waals surface area contributed by atoms with Gasteiger partial charge in [0, 0.05) is 6.07 Å². The molecule has 3 aromatic carbocycles. The molecule has 0 bridgehead atoms. The lowest BCUT2D eigenvalue weighted by atomic mass is 10.0. The number of hydrogen-bond acceptors (Lipinski definition) is 4. The van der Waals surface area contributed by atoms with Crippen molar-refractivity contribution in [3.05, 3.63) is 94.5 Å². The first kappa shape index (κ1) is 18.7. The Balaban J connectivity index is 1.57. The van der Waals surface area contributed by atoms with Gasteiger partial charge in [-0.1, -0.05) is 24.3 Å². The third-order valence-corrected chi connectivity index (χ3v) is 4.63. The van der Waals surface area contributed by atoms with E-state index >= 15 is 0 Å². The second kappa shape index (κ2) is 7.80. The summed E-state index contributed by atoms with van der Waals surface area (Å²) in [6.45, 7) is 2.06. The predicted molar refractivity (Wildman–Crippen MR) is 108 cm³/mol. The number of Topliss-reactive ketones (excluding diaryl/α,β-unsaturated/α-hetero) is 1. The van der Waals surface area contributed by atoms with Crippen molar-refractivity contribution in [1.82, 2.24) is 0 Å². The molecule has 29 heavy (non-hydrogen) atoms. The van der Waals surface area contributed by atoms with Gasteiger partial charge in [0.05, 0.1) is 12.7 Å². The Morgan fingerprint density at radius 2 is 1.86 bits per heavy atom. The van der Waals surface area contributed by atoms with E-state index in [0.29, 0.717) is 22.8 Å². The fourth-order valence-electron chi connectivity index (χ4n) is 3.24. The van der Waals surface area contributed by atoms with Gasteiger partial charge in [-0.3, -0.25) is 4.79 Å². The SMILES string of the molecule is COc1cccc(/C=C2\Oc3cc(OCc4cccc(F)c4)cc(C)c3C2=O)c1. The van der Waals surface area contributed by atoms with E-state index in [4.69, 9.17) is 14.2 Å². The normalized spacial score (nSPS) is 13.9. The summed E-state index contributed by atoms with van der Waals surface area (Å²) in [5, 5.41) is 0. The standard InChI is InChI=1S/C24H19FO4/c1-15-9-20(28-14-17-6-3-7-18(25)10-17)13-21-23(15)24(26)22(29-21)12-16-5-4-8-19(11-16)27-2/h3-13H,14H2,1-2H3/b22-12-. The van der Waals surface area contributed by atoms with Crippen LogP contribution < -0.4 is 14.2 Å². The monoisotopic (exact) mass is 390 g/mol. The molecule has 0 atom stereocenters. The van der Waals surface area contributed by atoms with Gasteiger partial charge in [0.15, 0.2) is 5.76 Å². The van der Waals surface area contributed by atoms with E-state index in [-0.39, 0.29) is 24.0 Å². The van der Waals surface area contributed by atoms with E-state index in [1.54, 1.807) is 37.5 Å². The summed E-state index contributed by atoms with van der Waals surface area (Å²) in [6.07, 6.45) is 1.69. The van der Waals surface area contributed by atoms with Crippen LogP contribution in [0.2, 0.25) is 0 Å². The molecular weight excluding hydrogens is 371 g/mol. The highest BCUT2D eigenvalue weighted by atomic mass is 19.1. The molecule has 146 valence electrons. The highest BCUT2D eigenvalue weighted by Gasteiger charge is 2.30. The number of rotatable bonds is 5.